The van der Waals surface area contributed by atoms with Gasteiger partial charge in [0.1, 0.15) is 12.3 Å². The molecule has 1 amide bonds. The molecule has 3 N–H and O–H groups in total. The van der Waals surface area contributed by atoms with E-state index in [0.717, 1.165) is 0 Å². The number of hydrogen-bond donors (Lipinski definition) is 3. The third-order valence-corrected chi connectivity index (χ3v) is 3.91. The summed E-state index contributed by atoms with van der Waals surface area (Å²) in [7, 11) is 0. The first-order valence-electron chi connectivity index (χ1n) is 7.64. The van der Waals surface area contributed by atoms with Crippen LogP contribution in [0.4, 0.5) is 14.7 Å². The zero-order valence-electron chi connectivity index (χ0n) is 13.5. The van der Waals surface area contributed by atoms with E-state index in [-0.39, 0.29) is 28.9 Å². The van der Waals surface area contributed by atoms with Crippen LogP contribution in [0.1, 0.15) is 26.5 Å². The van der Waals surface area contributed by atoms with Crippen LogP contribution in [0.15, 0.2) is 11.1 Å². The number of aromatic amines is 1. The number of anilines is 1. The molecule has 9 nitrogen and oxygen atoms in total. The van der Waals surface area contributed by atoms with Crippen LogP contribution in [0.25, 0.3) is 11.2 Å². The Morgan fingerprint density at radius 3 is 2.92 bits per heavy atom. The summed E-state index contributed by atoms with van der Waals surface area (Å²) in [5.41, 5.74) is -0.685. The second-order valence-corrected chi connectivity index (χ2v) is 6.11. The van der Waals surface area contributed by atoms with Gasteiger partial charge in [-0.15, -0.1) is 0 Å². The molecule has 0 radical (unpaired) electrons. The summed E-state index contributed by atoms with van der Waals surface area (Å²) in [6.07, 6.45) is -2.30. The van der Waals surface area contributed by atoms with Gasteiger partial charge in [-0.2, -0.15) is 4.98 Å². The number of nitrogens with zero attached hydrogens (tertiary/aromatic N) is 3. The summed E-state index contributed by atoms with van der Waals surface area (Å²) in [4.78, 5) is 34.2. The number of fused-ring (bicyclic) bond motifs is 1. The minimum Gasteiger partial charge on any atom is -0.393 e. The molecule has 0 aliphatic carbocycles. The highest BCUT2D eigenvalue weighted by atomic mass is 19.3. The largest absolute Gasteiger partial charge is 0.393 e. The number of nitrogens with one attached hydrogen (secondary N) is 2. The summed E-state index contributed by atoms with van der Waals surface area (Å²) in [5.74, 6) is -4.03. The molecule has 1 aliphatic heterocycles. The number of carbonyl (C=O) groups is 1. The fraction of sp³-hybridized carbons (Fsp3) is 0.571. The third kappa shape index (κ3) is 3.12. The van der Waals surface area contributed by atoms with E-state index in [9.17, 15) is 18.4 Å². The van der Waals surface area contributed by atoms with Crippen LogP contribution in [-0.2, 0) is 9.53 Å². The van der Waals surface area contributed by atoms with Crippen molar-refractivity contribution in [2.24, 2.45) is 5.92 Å². The lowest BCUT2D eigenvalue weighted by Crippen LogP contribution is -2.31. The molecular formula is C14H17F2N5O4. The number of alkyl halides is 2. The average Bonchev–Trinajstić information content (AvgIpc) is 3.07. The van der Waals surface area contributed by atoms with E-state index in [4.69, 9.17) is 9.84 Å². The van der Waals surface area contributed by atoms with E-state index >= 15 is 0 Å². The minimum atomic E-state index is -3.22. The lowest BCUT2D eigenvalue weighted by atomic mass is 10.2. The number of halogens is 2. The quantitative estimate of drug-likeness (QED) is 0.738. The smallest absolute Gasteiger partial charge is 0.280 e. The number of H-pyrrole nitrogens is 1. The molecule has 11 heteroatoms. The average molecular weight is 357 g/mol. The number of imidazole rings is 1. The Bertz CT molecular complexity index is 863. The van der Waals surface area contributed by atoms with Crippen LogP contribution in [0.5, 0.6) is 0 Å². The van der Waals surface area contributed by atoms with Crippen molar-refractivity contribution in [1.82, 2.24) is 19.5 Å². The molecule has 0 bridgehead atoms. The molecule has 136 valence electrons. The number of amides is 1. The molecule has 0 spiro atoms. The molecule has 3 heterocycles. The highest BCUT2D eigenvalue weighted by molar-refractivity contribution is 5.91. The van der Waals surface area contributed by atoms with Crippen molar-refractivity contribution in [3.63, 3.8) is 0 Å². The van der Waals surface area contributed by atoms with Gasteiger partial charge >= 0.3 is 0 Å². The van der Waals surface area contributed by atoms with Crippen LogP contribution in [0, 0.1) is 5.92 Å². The molecule has 2 atom stereocenters. The molecule has 0 saturated carbocycles. The Hall–Kier alpha value is -2.40. The highest BCUT2D eigenvalue weighted by Crippen LogP contribution is 2.41. The first-order chi connectivity index (χ1) is 11.7. The Balaban J connectivity index is 1.99. The number of aliphatic hydroxyl groups is 1. The van der Waals surface area contributed by atoms with Crippen molar-refractivity contribution in [1.29, 1.82) is 0 Å². The van der Waals surface area contributed by atoms with E-state index in [1.54, 1.807) is 13.8 Å². The van der Waals surface area contributed by atoms with Gasteiger partial charge in [0.15, 0.2) is 11.2 Å². The van der Waals surface area contributed by atoms with Crippen molar-refractivity contribution >= 4 is 23.0 Å². The molecule has 1 saturated heterocycles. The predicted octanol–water partition coefficient (Wildman–Crippen LogP) is 0.629. The summed E-state index contributed by atoms with van der Waals surface area (Å²) in [5, 5.41) is 11.5. The predicted molar refractivity (Wildman–Crippen MR) is 82.2 cm³/mol. The van der Waals surface area contributed by atoms with Crippen LogP contribution < -0.4 is 10.9 Å². The normalized spacial score (nSPS) is 22.6. The van der Waals surface area contributed by atoms with Crippen molar-refractivity contribution in [3.8, 4) is 0 Å². The Morgan fingerprint density at radius 1 is 1.60 bits per heavy atom. The number of aromatic nitrogens is 4. The number of ether oxygens (including phenoxy) is 1. The zero-order chi connectivity index (χ0) is 18.4. The van der Waals surface area contributed by atoms with Gasteiger partial charge in [-0.05, 0) is 0 Å². The minimum absolute atomic E-state index is 0.00203. The maximum absolute atomic E-state index is 13.8. The monoisotopic (exact) mass is 357 g/mol. The number of rotatable bonds is 4. The number of aliphatic hydroxyl groups excluding tert-OH is 1. The van der Waals surface area contributed by atoms with Gasteiger partial charge in [-0.25, -0.2) is 13.8 Å². The highest BCUT2D eigenvalue weighted by Gasteiger charge is 2.50. The van der Waals surface area contributed by atoms with Gasteiger partial charge in [-0.3, -0.25) is 24.5 Å². The van der Waals surface area contributed by atoms with Gasteiger partial charge in [0.05, 0.1) is 19.4 Å². The second-order valence-electron chi connectivity index (χ2n) is 6.11. The number of carbonyl (C=O) groups excluding carboxylic acids is 1. The van der Waals surface area contributed by atoms with Gasteiger partial charge in [0.2, 0.25) is 11.9 Å². The molecule has 3 rings (SSSR count). The first-order valence-corrected chi connectivity index (χ1v) is 7.64. The molecule has 2 aromatic heterocycles. The van der Waals surface area contributed by atoms with E-state index < -0.39 is 36.8 Å². The van der Waals surface area contributed by atoms with Crippen LogP contribution in [0.2, 0.25) is 0 Å². The van der Waals surface area contributed by atoms with Crippen molar-refractivity contribution in [2.75, 3.05) is 11.9 Å². The fourth-order valence-corrected chi connectivity index (χ4v) is 2.50. The lowest BCUT2D eigenvalue weighted by molar-refractivity contribution is -0.118. The van der Waals surface area contributed by atoms with Crippen molar-refractivity contribution < 1.29 is 23.4 Å². The Labute approximate surface area is 140 Å². The molecular weight excluding hydrogens is 340 g/mol. The second kappa shape index (κ2) is 6.15. The standard InChI is InChI=1S/C14H17F2N5O4/c1-6(2)11(23)19-13-18-10-9(12(24)20-13)17-5-21(10)8-3-14(15,16)7(4-22)25-8/h5-8,22H,3-4H2,1-2H3,(H2,18,19,20,23,24)/t7-,8-/m1/s1. The summed E-state index contributed by atoms with van der Waals surface area (Å²) in [6.45, 7) is 2.50. The van der Waals surface area contributed by atoms with Crippen LogP contribution in [0.3, 0.4) is 0 Å². The molecule has 25 heavy (non-hydrogen) atoms. The summed E-state index contributed by atoms with van der Waals surface area (Å²) >= 11 is 0. The summed E-state index contributed by atoms with van der Waals surface area (Å²) in [6, 6.07) is 0. The maximum Gasteiger partial charge on any atom is 0.280 e. The van der Waals surface area contributed by atoms with Gasteiger partial charge in [-0.1, -0.05) is 13.8 Å². The topological polar surface area (TPSA) is 122 Å². The van der Waals surface area contributed by atoms with Crippen molar-refractivity contribution in [2.45, 2.75) is 38.5 Å². The van der Waals surface area contributed by atoms with Gasteiger partial charge in [0.25, 0.3) is 11.5 Å². The summed E-state index contributed by atoms with van der Waals surface area (Å²) < 4.78 is 34.0. The lowest BCUT2D eigenvalue weighted by Gasteiger charge is -2.14. The van der Waals surface area contributed by atoms with Crippen LogP contribution >= 0.6 is 0 Å². The fourth-order valence-electron chi connectivity index (χ4n) is 2.50. The van der Waals surface area contributed by atoms with E-state index in [1.165, 1.54) is 10.9 Å². The van der Waals surface area contributed by atoms with E-state index in [1.807, 2.05) is 0 Å². The van der Waals surface area contributed by atoms with Gasteiger partial charge in [0, 0.05) is 5.92 Å². The zero-order valence-corrected chi connectivity index (χ0v) is 13.5. The number of hydrogen-bond acceptors (Lipinski definition) is 6. The molecule has 0 aromatic carbocycles. The third-order valence-electron chi connectivity index (χ3n) is 3.91. The molecule has 1 fully saturated rings. The SMILES string of the molecule is CC(C)C(=O)Nc1nc2c(ncn2[C@H]2CC(F)(F)[C@@H](CO)O2)c(=O)[nH]1. The maximum atomic E-state index is 13.8. The van der Waals surface area contributed by atoms with E-state index in [2.05, 4.69) is 20.3 Å². The van der Waals surface area contributed by atoms with Crippen LogP contribution in [-0.4, -0.2) is 49.2 Å². The first kappa shape index (κ1) is 17.4. The molecule has 1 aliphatic rings. The van der Waals surface area contributed by atoms with Crippen molar-refractivity contribution in [3.05, 3.63) is 16.7 Å². The molecule has 2 aromatic rings. The Kier molecular flexibility index (Phi) is 4.29. The Morgan fingerprint density at radius 2 is 2.32 bits per heavy atom. The van der Waals surface area contributed by atoms with E-state index in [0.29, 0.717) is 0 Å². The molecule has 0 unspecified atom stereocenters. The van der Waals surface area contributed by atoms with Gasteiger partial charge < -0.3 is 9.84 Å².